The molecule has 2 rings (SSSR count). The summed E-state index contributed by atoms with van der Waals surface area (Å²) in [6, 6.07) is 2.12. The fourth-order valence-electron chi connectivity index (χ4n) is 2.11. The molecule has 1 unspecified atom stereocenters. The average Bonchev–Trinajstić information content (AvgIpc) is 2.77. The monoisotopic (exact) mass is 279 g/mol. The van der Waals surface area contributed by atoms with Crippen molar-refractivity contribution in [2.24, 2.45) is 0 Å². The Balaban J connectivity index is 2.60. The van der Waals surface area contributed by atoms with E-state index in [4.69, 9.17) is 9.72 Å². The molecule has 2 heterocycles. The summed E-state index contributed by atoms with van der Waals surface area (Å²) in [5.41, 5.74) is -0.424. The quantitative estimate of drug-likeness (QED) is 0.906. The Morgan fingerprint density at radius 1 is 1.37 bits per heavy atom. The predicted octanol–water partition coefficient (Wildman–Crippen LogP) is 3.70. The highest BCUT2D eigenvalue weighted by Crippen LogP contribution is 2.33. The van der Waals surface area contributed by atoms with Crippen LogP contribution in [0.4, 0.5) is 5.82 Å². The normalized spacial score (nSPS) is 14.6. The Morgan fingerprint density at radius 2 is 2.11 bits per heavy atom. The lowest BCUT2D eigenvalue weighted by molar-refractivity contribution is -0.0386. The molecule has 4 nitrogen and oxygen atoms in total. The summed E-state index contributed by atoms with van der Waals surface area (Å²) in [6.45, 7) is 8.90. The van der Waals surface area contributed by atoms with E-state index in [-0.39, 0.29) is 0 Å². The molecule has 1 atom stereocenters. The van der Waals surface area contributed by atoms with Crippen LogP contribution in [0.25, 0.3) is 10.2 Å². The van der Waals surface area contributed by atoms with E-state index in [0.717, 1.165) is 28.3 Å². The number of aromatic nitrogens is 2. The fourth-order valence-corrected chi connectivity index (χ4v) is 2.99. The van der Waals surface area contributed by atoms with Gasteiger partial charge in [-0.3, -0.25) is 0 Å². The molecule has 0 bridgehead atoms. The van der Waals surface area contributed by atoms with Crippen molar-refractivity contribution in [3.05, 3.63) is 16.8 Å². The van der Waals surface area contributed by atoms with Gasteiger partial charge < -0.3 is 10.1 Å². The number of thiophene rings is 1. The summed E-state index contributed by atoms with van der Waals surface area (Å²) in [5.74, 6) is 1.64. The van der Waals surface area contributed by atoms with Gasteiger partial charge in [-0.05, 0) is 33.3 Å². The predicted molar refractivity (Wildman–Crippen MR) is 81.0 cm³/mol. The molecule has 0 aliphatic carbocycles. The van der Waals surface area contributed by atoms with Gasteiger partial charge in [0.1, 0.15) is 16.2 Å². The second-order valence-electron chi connectivity index (χ2n) is 4.74. The zero-order valence-corrected chi connectivity index (χ0v) is 13.0. The van der Waals surface area contributed by atoms with Gasteiger partial charge >= 0.3 is 0 Å². The fraction of sp³-hybridized carbons (Fsp3) is 0.571. The third-order valence-corrected chi connectivity index (χ3v) is 4.31. The van der Waals surface area contributed by atoms with E-state index in [1.807, 2.05) is 14.0 Å². The van der Waals surface area contributed by atoms with Gasteiger partial charge in [-0.25, -0.2) is 9.97 Å². The molecule has 0 saturated carbocycles. The van der Waals surface area contributed by atoms with Gasteiger partial charge in [0.2, 0.25) is 0 Å². The minimum atomic E-state index is -0.424. The highest BCUT2D eigenvalue weighted by atomic mass is 32.1. The summed E-state index contributed by atoms with van der Waals surface area (Å²) in [6.07, 6.45) is 0.847. The molecule has 5 heteroatoms. The van der Waals surface area contributed by atoms with E-state index >= 15 is 0 Å². The minimum absolute atomic E-state index is 0.424. The van der Waals surface area contributed by atoms with E-state index in [2.05, 4.69) is 37.1 Å². The molecule has 2 aromatic heterocycles. The number of ether oxygens (including phenoxy) is 1. The highest BCUT2D eigenvalue weighted by molar-refractivity contribution is 7.18. The number of anilines is 1. The Labute approximate surface area is 118 Å². The highest BCUT2D eigenvalue weighted by Gasteiger charge is 2.29. The maximum Gasteiger partial charge on any atom is 0.163 e. The maximum absolute atomic E-state index is 5.87. The topological polar surface area (TPSA) is 47.0 Å². The molecule has 1 N–H and O–H groups in total. The average molecular weight is 279 g/mol. The lowest BCUT2D eigenvalue weighted by Crippen LogP contribution is -2.28. The molecule has 0 aliphatic heterocycles. The van der Waals surface area contributed by atoms with Crippen LogP contribution >= 0.6 is 11.3 Å². The number of aryl methyl sites for hydroxylation is 1. The van der Waals surface area contributed by atoms with E-state index < -0.39 is 5.60 Å². The smallest absolute Gasteiger partial charge is 0.163 e. The molecule has 0 radical (unpaired) electrons. The van der Waals surface area contributed by atoms with Crippen LogP contribution in [0.5, 0.6) is 0 Å². The molecule has 0 saturated heterocycles. The first-order valence-corrected chi connectivity index (χ1v) is 7.46. The van der Waals surface area contributed by atoms with Gasteiger partial charge in [0.05, 0.1) is 5.39 Å². The molecule has 104 valence electrons. The Hall–Kier alpha value is -1.20. The molecule has 0 fully saturated rings. The third kappa shape index (κ3) is 2.58. The standard InChI is InChI=1S/C14H21N3OS/c1-6-14(4,18-7-2)13-16-11(15-5)10-8-9(3)19-12(10)17-13/h8H,6-7H2,1-5H3,(H,15,16,17). The first-order chi connectivity index (χ1) is 9.04. The van der Waals surface area contributed by atoms with Gasteiger partial charge in [-0.2, -0.15) is 0 Å². The summed E-state index contributed by atoms with van der Waals surface area (Å²) >= 11 is 1.69. The van der Waals surface area contributed by atoms with Gasteiger partial charge in [-0.1, -0.05) is 6.92 Å². The Bertz CT molecular complexity index is 581. The zero-order valence-electron chi connectivity index (χ0n) is 12.2. The van der Waals surface area contributed by atoms with Crippen molar-refractivity contribution in [2.75, 3.05) is 19.0 Å². The van der Waals surface area contributed by atoms with Crippen LogP contribution in [-0.2, 0) is 10.3 Å². The van der Waals surface area contributed by atoms with Crippen molar-refractivity contribution in [1.82, 2.24) is 9.97 Å². The number of nitrogens with zero attached hydrogens (tertiary/aromatic N) is 2. The number of fused-ring (bicyclic) bond motifs is 1. The second-order valence-corrected chi connectivity index (χ2v) is 5.97. The van der Waals surface area contributed by atoms with Crippen molar-refractivity contribution in [2.45, 2.75) is 39.7 Å². The Morgan fingerprint density at radius 3 is 2.68 bits per heavy atom. The SMILES string of the molecule is CCOC(C)(CC)c1nc(NC)c2cc(C)sc2n1. The van der Waals surface area contributed by atoms with Crippen LogP contribution in [0.15, 0.2) is 6.07 Å². The summed E-state index contributed by atoms with van der Waals surface area (Å²) in [7, 11) is 1.89. The van der Waals surface area contributed by atoms with Crippen LogP contribution in [0.2, 0.25) is 0 Å². The van der Waals surface area contributed by atoms with Crippen LogP contribution in [0.3, 0.4) is 0 Å². The molecule has 0 aromatic carbocycles. The molecule has 0 spiro atoms. The molecule has 0 amide bonds. The van der Waals surface area contributed by atoms with E-state index in [0.29, 0.717) is 6.61 Å². The molecular weight excluding hydrogens is 258 g/mol. The maximum atomic E-state index is 5.87. The molecule has 2 aromatic rings. The Kier molecular flexibility index (Phi) is 4.06. The first kappa shape index (κ1) is 14.2. The van der Waals surface area contributed by atoms with E-state index in [1.165, 1.54) is 4.88 Å². The van der Waals surface area contributed by atoms with E-state index in [1.54, 1.807) is 11.3 Å². The number of rotatable bonds is 5. The summed E-state index contributed by atoms with van der Waals surface area (Å²) in [4.78, 5) is 11.6. The number of hydrogen-bond donors (Lipinski definition) is 1. The van der Waals surface area contributed by atoms with Gasteiger partial charge in [0.25, 0.3) is 0 Å². The summed E-state index contributed by atoms with van der Waals surface area (Å²) in [5, 5.41) is 4.25. The van der Waals surface area contributed by atoms with E-state index in [9.17, 15) is 0 Å². The lowest BCUT2D eigenvalue weighted by Gasteiger charge is -2.26. The number of nitrogens with one attached hydrogen (secondary N) is 1. The van der Waals surface area contributed by atoms with Crippen molar-refractivity contribution >= 4 is 27.4 Å². The molecular formula is C14H21N3OS. The second kappa shape index (κ2) is 5.43. The van der Waals surface area contributed by atoms with Crippen molar-refractivity contribution in [3.8, 4) is 0 Å². The van der Waals surface area contributed by atoms with Crippen molar-refractivity contribution in [3.63, 3.8) is 0 Å². The van der Waals surface area contributed by atoms with Crippen LogP contribution in [0, 0.1) is 6.92 Å². The van der Waals surface area contributed by atoms with Crippen molar-refractivity contribution in [1.29, 1.82) is 0 Å². The first-order valence-electron chi connectivity index (χ1n) is 6.64. The van der Waals surface area contributed by atoms with Crippen LogP contribution in [0.1, 0.15) is 37.9 Å². The third-order valence-electron chi connectivity index (χ3n) is 3.36. The zero-order chi connectivity index (χ0) is 14.0. The number of hydrogen-bond acceptors (Lipinski definition) is 5. The van der Waals surface area contributed by atoms with Gasteiger partial charge in [-0.15, -0.1) is 11.3 Å². The van der Waals surface area contributed by atoms with Gasteiger partial charge in [0, 0.05) is 18.5 Å². The van der Waals surface area contributed by atoms with Crippen LogP contribution in [-0.4, -0.2) is 23.6 Å². The largest absolute Gasteiger partial charge is 0.372 e. The minimum Gasteiger partial charge on any atom is -0.372 e. The van der Waals surface area contributed by atoms with Gasteiger partial charge in [0.15, 0.2) is 5.82 Å². The lowest BCUT2D eigenvalue weighted by atomic mass is 10.0. The molecule has 0 aliphatic rings. The van der Waals surface area contributed by atoms with Crippen molar-refractivity contribution < 1.29 is 4.74 Å². The van der Waals surface area contributed by atoms with Crippen LogP contribution < -0.4 is 5.32 Å². The molecule has 19 heavy (non-hydrogen) atoms. The summed E-state index contributed by atoms with van der Waals surface area (Å²) < 4.78 is 5.87.